The van der Waals surface area contributed by atoms with Gasteiger partial charge in [-0.25, -0.2) is 4.79 Å². The molecule has 2 aliphatic rings. The summed E-state index contributed by atoms with van der Waals surface area (Å²) in [5.74, 6) is -1.20. The summed E-state index contributed by atoms with van der Waals surface area (Å²) in [6.07, 6.45) is -0.0517. The normalized spacial score (nSPS) is 19.7. The maximum absolute atomic E-state index is 12.1. The number of hydrogen-bond acceptors (Lipinski definition) is 4. The van der Waals surface area contributed by atoms with Gasteiger partial charge in [0.25, 0.3) is 0 Å². The number of hydrogen-bond donors (Lipinski definition) is 1. The number of nitrogens with zero attached hydrogens (tertiary/aromatic N) is 1. The van der Waals surface area contributed by atoms with Crippen molar-refractivity contribution in [2.24, 2.45) is 5.41 Å². The molecule has 4 rings (SSSR count). The van der Waals surface area contributed by atoms with Gasteiger partial charge in [0, 0.05) is 4.91 Å². The van der Waals surface area contributed by atoms with Gasteiger partial charge in [-0.1, -0.05) is 93.2 Å². The number of carboxylic acids is 1. The number of carboxylic acid groups (broad SMARTS) is 1. The van der Waals surface area contributed by atoms with Gasteiger partial charge in [-0.3, -0.25) is 9.69 Å². The van der Waals surface area contributed by atoms with E-state index in [9.17, 15) is 14.7 Å². The first-order valence-electron chi connectivity index (χ1n) is 9.99. The Balaban J connectivity index is 1.78. The lowest BCUT2D eigenvalue weighted by atomic mass is 9.88. The van der Waals surface area contributed by atoms with Crippen molar-refractivity contribution >= 4 is 43.1 Å². The van der Waals surface area contributed by atoms with E-state index in [2.05, 4.69) is 45.0 Å². The largest absolute Gasteiger partial charge is 0.477 e. The van der Waals surface area contributed by atoms with Crippen LogP contribution in [0.4, 0.5) is 0 Å². The lowest BCUT2D eigenvalue weighted by molar-refractivity contribution is -0.145. The fourth-order valence-electron chi connectivity index (χ4n) is 3.87. The van der Waals surface area contributed by atoms with Crippen molar-refractivity contribution in [2.45, 2.75) is 38.7 Å². The van der Waals surface area contributed by atoms with Gasteiger partial charge in [0.1, 0.15) is 5.70 Å². The van der Waals surface area contributed by atoms with Gasteiger partial charge in [-0.05, 0) is 15.8 Å². The fourth-order valence-corrected chi connectivity index (χ4v) is 8.30. The van der Waals surface area contributed by atoms with E-state index in [0.717, 1.165) is 10.4 Å². The Bertz CT molecular complexity index is 948. The minimum atomic E-state index is -2.10. The first kappa shape index (κ1) is 20.9. The zero-order valence-corrected chi connectivity index (χ0v) is 19.2. The number of aliphatic carboxylic acids is 1. The first-order valence-corrected chi connectivity index (χ1v) is 12.5. The van der Waals surface area contributed by atoms with E-state index in [-0.39, 0.29) is 22.4 Å². The molecule has 7 heteroatoms. The second kappa shape index (κ2) is 8.06. The molecule has 1 fully saturated rings. The molecule has 0 aromatic heterocycles. The summed E-state index contributed by atoms with van der Waals surface area (Å²) in [4.78, 5) is 26.3. The predicted molar refractivity (Wildman–Crippen MR) is 121 cm³/mol. The summed E-state index contributed by atoms with van der Waals surface area (Å²) >= 11 is 1.47. The van der Waals surface area contributed by atoms with Crippen LogP contribution in [0.2, 0.25) is 0 Å². The van der Waals surface area contributed by atoms with E-state index in [4.69, 9.17) is 4.43 Å². The molecule has 5 nitrogen and oxygen atoms in total. The number of β-lactam (4-membered cyclic amide) rings is 1. The van der Waals surface area contributed by atoms with Crippen LogP contribution in [0.25, 0.3) is 0 Å². The van der Waals surface area contributed by atoms with Gasteiger partial charge in [0.2, 0.25) is 14.9 Å². The Hall–Kier alpha value is -2.35. The topological polar surface area (TPSA) is 66.8 Å². The number of fused-ring (bicyclic) bond motifs is 1. The van der Waals surface area contributed by atoms with Gasteiger partial charge >= 0.3 is 5.97 Å². The summed E-state index contributed by atoms with van der Waals surface area (Å²) < 4.78 is 6.87. The second-order valence-electron chi connectivity index (χ2n) is 8.64. The molecule has 1 amide bonds. The maximum atomic E-state index is 12.1. The van der Waals surface area contributed by atoms with Crippen LogP contribution >= 0.6 is 11.8 Å². The average molecular weight is 440 g/mol. The number of rotatable bonds is 6. The molecule has 0 saturated carbocycles. The minimum Gasteiger partial charge on any atom is -0.477 e. The smallest absolute Gasteiger partial charge is 0.353 e. The van der Waals surface area contributed by atoms with Gasteiger partial charge < -0.3 is 9.53 Å². The molecule has 30 heavy (non-hydrogen) atoms. The average Bonchev–Trinajstić information content (AvgIpc) is 3.02. The van der Waals surface area contributed by atoms with Gasteiger partial charge in [0.05, 0.1) is 17.9 Å². The highest BCUT2D eigenvalue weighted by atomic mass is 32.2. The summed E-state index contributed by atoms with van der Waals surface area (Å²) in [7, 11) is -2.10. The van der Waals surface area contributed by atoms with Crippen molar-refractivity contribution in [3.05, 3.63) is 71.3 Å². The van der Waals surface area contributed by atoms with Gasteiger partial charge in [0.15, 0.2) is 0 Å². The van der Waals surface area contributed by atoms with E-state index in [1.54, 1.807) is 0 Å². The monoisotopic (exact) mass is 439 g/mol. The highest BCUT2D eigenvalue weighted by Gasteiger charge is 2.52. The van der Waals surface area contributed by atoms with Crippen LogP contribution in [0.5, 0.6) is 0 Å². The van der Waals surface area contributed by atoms with Crippen molar-refractivity contribution in [3.8, 4) is 0 Å². The van der Waals surface area contributed by atoms with Gasteiger partial charge in [-0.15, -0.1) is 0 Å². The number of thioether (sulfide) groups is 1. The molecule has 1 N–H and O–H groups in total. The van der Waals surface area contributed by atoms with Crippen molar-refractivity contribution in [2.75, 3.05) is 0 Å². The van der Waals surface area contributed by atoms with Crippen LogP contribution in [0.15, 0.2) is 71.3 Å². The molecule has 0 radical (unpaired) electrons. The van der Waals surface area contributed by atoms with Crippen molar-refractivity contribution < 1.29 is 19.1 Å². The Morgan fingerprint density at radius 1 is 1.10 bits per heavy atom. The lowest BCUT2D eigenvalue weighted by Crippen LogP contribution is -2.50. The van der Waals surface area contributed by atoms with Crippen molar-refractivity contribution in [3.63, 3.8) is 0 Å². The number of carbonyl (C=O) groups is 2. The minimum absolute atomic E-state index is 0.0926. The van der Waals surface area contributed by atoms with Gasteiger partial charge in [-0.2, -0.15) is 0 Å². The summed E-state index contributed by atoms with van der Waals surface area (Å²) in [6.45, 7) is 6.18. The van der Waals surface area contributed by atoms with E-state index in [1.165, 1.54) is 16.7 Å². The first-order chi connectivity index (χ1) is 14.3. The lowest BCUT2D eigenvalue weighted by Gasteiger charge is -2.35. The van der Waals surface area contributed by atoms with E-state index < -0.39 is 21.1 Å². The van der Waals surface area contributed by atoms with Crippen LogP contribution in [-0.4, -0.2) is 42.4 Å². The Morgan fingerprint density at radius 2 is 1.63 bits per heavy atom. The van der Waals surface area contributed by atoms with Crippen LogP contribution in [-0.2, 0) is 14.0 Å². The molecule has 1 unspecified atom stereocenters. The molecule has 0 aliphatic carbocycles. The van der Waals surface area contributed by atoms with E-state index in [1.807, 2.05) is 36.4 Å². The molecule has 2 heterocycles. The van der Waals surface area contributed by atoms with E-state index in [0.29, 0.717) is 11.3 Å². The molecule has 1 saturated heterocycles. The third kappa shape index (κ3) is 3.85. The maximum Gasteiger partial charge on any atom is 0.353 e. The number of carbonyl (C=O) groups excluding carboxylic acids is 1. The molecule has 0 spiro atoms. The molecule has 2 aliphatic heterocycles. The summed E-state index contributed by atoms with van der Waals surface area (Å²) in [6, 6.07) is 20.3. The SMILES string of the molecule is CC(C)(C)C(O[SiH](c1ccccc1)c1ccccc1)C1=C(C(=O)O)N2C(=O)C[C@H]2S1. The summed E-state index contributed by atoms with van der Waals surface area (Å²) in [5.41, 5.74) is -0.249. The molecular weight excluding hydrogens is 414 g/mol. The molecular formula is C23H25NO4SSi. The van der Waals surface area contributed by atoms with Crippen molar-refractivity contribution in [1.29, 1.82) is 0 Å². The summed E-state index contributed by atoms with van der Waals surface area (Å²) in [5, 5.41) is 12.0. The molecule has 156 valence electrons. The number of benzene rings is 2. The van der Waals surface area contributed by atoms with Crippen LogP contribution in [0, 0.1) is 5.41 Å². The zero-order valence-electron chi connectivity index (χ0n) is 17.2. The third-order valence-electron chi connectivity index (χ3n) is 5.35. The predicted octanol–water partition coefficient (Wildman–Crippen LogP) is 2.56. The quantitative estimate of drug-likeness (QED) is 0.554. The molecule has 2 aromatic rings. The van der Waals surface area contributed by atoms with Crippen LogP contribution < -0.4 is 10.4 Å². The van der Waals surface area contributed by atoms with Crippen LogP contribution in [0.1, 0.15) is 27.2 Å². The Kier molecular flexibility index (Phi) is 5.61. The fraction of sp³-hybridized carbons (Fsp3) is 0.304. The Labute approximate surface area is 182 Å². The standard InChI is InChI=1S/C23H25NO4SSi/c1-23(2,3)21(20-19(22(26)27)24-17(25)14-18(24)29-20)28-30(15-10-6-4-7-11-15)16-12-8-5-9-13-16/h4-13,18,21,30H,14H2,1-3H3,(H,26,27)/t18-,21?/m1/s1. The Morgan fingerprint density at radius 3 is 2.07 bits per heavy atom. The van der Waals surface area contributed by atoms with Crippen LogP contribution in [0.3, 0.4) is 0 Å². The third-order valence-corrected chi connectivity index (χ3v) is 9.18. The zero-order chi connectivity index (χ0) is 21.5. The molecule has 2 aromatic carbocycles. The molecule has 0 bridgehead atoms. The highest BCUT2D eigenvalue weighted by molar-refractivity contribution is 8.04. The number of amides is 1. The van der Waals surface area contributed by atoms with Crippen molar-refractivity contribution in [1.82, 2.24) is 4.90 Å². The highest BCUT2D eigenvalue weighted by Crippen LogP contribution is 2.50. The molecule has 2 atom stereocenters. The van der Waals surface area contributed by atoms with E-state index >= 15 is 0 Å². The second-order valence-corrected chi connectivity index (χ2v) is 12.2.